The molecule has 0 aliphatic rings. The second kappa shape index (κ2) is 7.99. The van der Waals surface area contributed by atoms with Gasteiger partial charge in [-0.25, -0.2) is 13.1 Å². The largest absolute Gasteiger partial charge is 0.302 e. The van der Waals surface area contributed by atoms with Crippen LogP contribution in [0.15, 0.2) is 17.0 Å². The molecule has 1 unspecified atom stereocenters. The molecule has 1 atom stereocenters. The topological polar surface area (TPSA) is 49.4 Å². The van der Waals surface area contributed by atoms with Gasteiger partial charge < -0.3 is 4.90 Å². The van der Waals surface area contributed by atoms with E-state index in [1.54, 1.807) is 0 Å². The molecule has 0 aliphatic heterocycles. The van der Waals surface area contributed by atoms with Gasteiger partial charge in [0.15, 0.2) is 0 Å². The van der Waals surface area contributed by atoms with E-state index in [0.717, 1.165) is 6.42 Å². The predicted octanol–water partition coefficient (Wildman–Crippen LogP) is 3.66. The summed E-state index contributed by atoms with van der Waals surface area (Å²) < 4.78 is 27.0. The number of hydrogen-bond donors (Lipinski definition) is 1. The quantitative estimate of drug-likeness (QED) is 0.793. The first-order chi connectivity index (χ1) is 9.69. The molecule has 0 spiro atoms. The molecule has 1 aromatic rings. The van der Waals surface area contributed by atoms with Crippen LogP contribution in [0.25, 0.3) is 0 Å². The van der Waals surface area contributed by atoms with Crippen LogP contribution >= 0.6 is 34.8 Å². The molecule has 0 radical (unpaired) electrons. The van der Waals surface area contributed by atoms with Crippen LogP contribution in [0, 0.1) is 0 Å². The molecular formula is C13H19Cl3N2O2S. The minimum Gasteiger partial charge on any atom is -0.302 e. The standard InChI is InChI=1S/C13H19Cl3N2O2S/c1-4-9(2)18(3)6-5-17-21(19,20)13-11(15)7-10(14)8-12(13)16/h7-9,17H,4-6H2,1-3H3. The van der Waals surface area contributed by atoms with Crippen molar-refractivity contribution in [1.29, 1.82) is 0 Å². The van der Waals surface area contributed by atoms with Crippen molar-refractivity contribution in [2.75, 3.05) is 20.1 Å². The van der Waals surface area contributed by atoms with Crippen LogP contribution in [0.1, 0.15) is 20.3 Å². The van der Waals surface area contributed by atoms with Gasteiger partial charge in [-0.1, -0.05) is 41.7 Å². The van der Waals surface area contributed by atoms with Gasteiger partial charge in [-0.05, 0) is 32.5 Å². The number of hydrogen-bond acceptors (Lipinski definition) is 3. The minimum absolute atomic E-state index is 0.00952. The molecule has 0 heterocycles. The fraction of sp³-hybridized carbons (Fsp3) is 0.538. The van der Waals surface area contributed by atoms with E-state index < -0.39 is 10.0 Å². The lowest BCUT2D eigenvalue weighted by Gasteiger charge is -2.23. The lowest BCUT2D eigenvalue weighted by atomic mass is 10.2. The van der Waals surface area contributed by atoms with Crippen molar-refractivity contribution in [3.8, 4) is 0 Å². The molecule has 0 aliphatic carbocycles. The van der Waals surface area contributed by atoms with Crippen molar-refractivity contribution < 1.29 is 8.42 Å². The van der Waals surface area contributed by atoms with Crippen molar-refractivity contribution in [2.45, 2.75) is 31.2 Å². The molecule has 0 aromatic heterocycles. The Bertz CT molecular complexity index is 570. The van der Waals surface area contributed by atoms with Gasteiger partial charge >= 0.3 is 0 Å². The Morgan fingerprint density at radius 1 is 1.24 bits per heavy atom. The number of likely N-dealkylation sites (N-methyl/N-ethyl adjacent to an activating group) is 1. The van der Waals surface area contributed by atoms with E-state index in [1.165, 1.54) is 12.1 Å². The van der Waals surface area contributed by atoms with Crippen LogP contribution in [0.2, 0.25) is 15.1 Å². The number of halogens is 3. The zero-order valence-electron chi connectivity index (χ0n) is 12.2. The third-order valence-corrected chi connectivity index (χ3v) is 5.93. The van der Waals surface area contributed by atoms with Gasteiger partial charge in [0.25, 0.3) is 0 Å². The summed E-state index contributed by atoms with van der Waals surface area (Å²) in [4.78, 5) is 1.94. The van der Waals surface area contributed by atoms with E-state index in [0.29, 0.717) is 17.6 Å². The van der Waals surface area contributed by atoms with Crippen LogP contribution in [0.4, 0.5) is 0 Å². The van der Waals surface area contributed by atoms with Crippen LogP contribution in [0.3, 0.4) is 0 Å². The van der Waals surface area contributed by atoms with Gasteiger partial charge in [0.2, 0.25) is 10.0 Å². The Kier molecular flexibility index (Phi) is 7.24. The number of rotatable bonds is 7. The SMILES string of the molecule is CCC(C)N(C)CCNS(=O)(=O)c1c(Cl)cc(Cl)cc1Cl. The highest BCUT2D eigenvalue weighted by atomic mass is 35.5. The third-order valence-electron chi connectivity index (χ3n) is 3.33. The smallest absolute Gasteiger partial charge is 0.243 e. The molecule has 0 saturated carbocycles. The van der Waals surface area contributed by atoms with E-state index >= 15 is 0 Å². The summed E-state index contributed by atoms with van der Waals surface area (Å²) in [5.74, 6) is 0. The van der Waals surface area contributed by atoms with Gasteiger partial charge in [0.1, 0.15) is 4.90 Å². The second-order valence-electron chi connectivity index (χ2n) is 4.83. The Balaban J connectivity index is 2.80. The molecule has 8 heteroatoms. The summed E-state index contributed by atoms with van der Waals surface area (Å²) in [7, 11) is -1.82. The summed E-state index contributed by atoms with van der Waals surface area (Å²) in [5.41, 5.74) is 0. The van der Waals surface area contributed by atoms with Gasteiger partial charge in [-0.2, -0.15) is 0 Å². The van der Waals surface area contributed by atoms with Crippen LogP contribution in [-0.4, -0.2) is 39.5 Å². The van der Waals surface area contributed by atoms with Crippen molar-refractivity contribution in [1.82, 2.24) is 9.62 Å². The highest BCUT2D eigenvalue weighted by Gasteiger charge is 2.22. The number of benzene rings is 1. The molecule has 1 rings (SSSR count). The number of sulfonamides is 1. The molecule has 0 saturated heterocycles. The molecule has 4 nitrogen and oxygen atoms in total. The zero-order valence-corrected chi connectivity index (χ0v) is 15.2. The molecular weight excluding hydrogens is 355 g/mol. The maximum atomic E-state index is 12.3. The maximum absolute atomic E-state index is 12.3. The van der Waals surface area contributed by atoms with Gasteiger partial charge in [-0.15, -0.1) is 0 Å². The molecule has 1 N–H and O–H groups in total. The van der Waals surface area contributed by atoms with E-state index in [9.17, 15) is 8.42 Å². The van der Waals surface area contributed by atoms with E-state index in [2.05, 4.69) is 23.5 Å². The van der Waals surface area contributed by atoms with Gasteiger partial charge in [-0.3, -0.25) is 0 Å². The fourth-order valence-corrected chi connectivity index (χ4v) is 4.31. The molecule has 21 heavy (non-hydrogen) atoms. The zero-order chi connectivity index (χ0) is 16.2. The summed E-state index contributed by atoms with van der Waals surface area (Å²) in [6.07, 6.45) is 0.998. The number of nitrogens with zero attached hydrogens (tertiary/aromatic N) is 1. The van der Waals surface area contributed by atoms with E-state index in [4.69, 9.17) is 34.8 Å². The van der Waals surface area contributed by atoms with E-state index in [-0.39, 0.29) is 21.5 Å². The average molecular weight is 374 g/mol. The van der Waals surface area contributed by atoms with Crippen molar-refractivity contribution in [2.24, 2.45) is 0 Å². The Morgan fingerprint density at radius 3 is 2.24 bits per heavy atom. The number of nitrogens with one attached hydrogen (secondary N) is 1. The molecule has 120 valence electrons. The van der Waals surface area contributed by atoms with Crippen LogP contribution in [0.5, 0.6) is 0 Å². The van der Waals surface area contributed by atoms with Crippen LogP contribution < -0.4 is 4.72 Å². The highest BCUT2D eigenvalue weighted by Crippen LogP contribution is 2.32. The summed E-state index contributed by atoms with van der Waals surface area (Å²) in [6, 6.07) is 3.10. The lowest BCUT2D eigenvalue weighted by molar-refractivity contribution is 0.256. The molecule has 0 bridgehead atoms. The summed E-state index contributed by atoms with van der Waals surface area (Å²) in [5, 5.41) is 0.311. The molecule has 0 fully saturated rings. The predicted molar refractivity (Wildman–Crippen MR) is 89.0 cm³/mol. The fourth-order valence-electron chi connectivity index (χ4n) is 1.75. The highest BCUT2D eigenvalue weighted by molar-refractivity contribution is 7.89. The minimum atomic E-state index is -3.77. The molecule has 1 aromatic carbocycles. The van der Waals surface area contributed by atoms with Gasteiger partial charge in [0, 0.05) is 24.2 Å². The summed E-state index contributed by atoms with van der Waals surface area (Å²) in [6.45, 7) is 5.04. The Morgan fingerprint density at radius 2 is 1.76 bits per heavy atom. The monoisotopic (exact) mass is 372 g/mol. The van der Waals surface area contributed by atoms with Crippen molar-refractivity contribution in [3.63, 3.8) is 0 Å². The van der Waals surface area contributed by atoms with Crippen LogP contribution in [-0.2, 0) is 10.0 Å². The first-order valence-corrected chi connectivity index (χ1v) is 9.15. The normalized spacial score (nSPS) is 13.7. The Labute approximate surface area is 141 Å². The van der Waals surface area contributed by atoms with Crippen molar-refractivity contribution in [3.05, 3.63) is 27.2 Å². The van der Waals surface area contributed by atoms with Gasteiger partial charge in [0.05, 0.1) is 10.0 Å². The second-order valence-corrected chi connectivity index (χ2v) is 7.79. The molecule has 0 amide bonds. The van der Waals surface area contributed by atoms with E-state index in [1.807, 2.05) is 7.05 Å². The summed E-state index contributed by atoms with van der Waals surface area (Å²) >= 11 is 17.6. The lowest BCUT2D eigenvalue weighted by Crippen LogP contribution is -2.37. The first-order valence-electron chi connectivity index (χ1n) is 6.53. The third kappa shape index (κ3) is 5.27. The average Bonchev–Trinajstić information content (AvgIpc) is 2.35. The van der Waals surface area contributed by atoms with Crippen molar-refractivity contribution >= 4 is 44.8 Å². The Hall–Kier alpha value is -0.0400. The first kappa shape index (κ1) is 19.0. The maximum Gasteiger partial charge on any atom is 0.243 e.